The summed E-state index contributed by atoms with van der Waals surface area (Å²) in [6, 6.07) is 3.99. The zero-order valence-corrected chi connectivity index (χ0v) is 12.9. The molecule has 0 aromatic heterocycles. The van der Waals surface area contributed by atoms with Crippen molar-refractivity contribution in [2.24, 2.45) is 0 Å². The molecule has 5 heteroatoms. The third-order valence-corrected chi connectivity index (χ3v) is 3.67. The van der Waals surface area contributed by atoms with E-state index in [0.29, 0.717) is 25.7 Å². The van der Waals surface area contributed by atoms with Crippen LogP contribution in [-0.2, 0) is 4.74 Å². The van der Waals surface area contributed by atoms with Gasteiger partial charge in [-0.25, -0.2) is 8.78 Å². The Kier molecular flexibility index (Phi) is 7.47. The van der Waals surface area contributed by atoms with Gasteiger partial charge in [-0.3, -0.25) is 9.69 Å². The average Bonchev–Trinajstić information content (AvgIpc) is 2.49. The largest absolute Gasteiger partial charge is 0.383 e. The highest BCUT2D eigenvalue weighted by Gasteiger charge is 2.18. The monoisotopic (exact) mass is 299 g/mol. The lowest BCUT2D eigenvalue weighted by atomic mass is 10.1. The van der Waals surface area contributed by atoms with Crippen LogP contribution < -0.4 is 0 Å². The molecule has 0 amide bonds. The molecule has 0 saturated carbocycles. The van der Waals surface area contributed by atoms with E-state index in [1.165, 1.54) is 12.1 Å². The maximum absolute atomic E-state index is 13.6. The summed E-state index contributed by atoms with van der Waals surface area (Å²) in [5, 5.41) is 0. The molecule has 3 nitrogen and oxygen atoms in total. The van der Waals surface area contributed by atoms with Gasteiger partial charge in [0.1, 0.15) is 0 Å². The number of carbonyl (C=O) groups is 1. The molecule has 0 radical (unpaired) electrons. The number of Topliss-reactive ketones (excluding diaryl/α,β-unsaturated/α-hetero) is 1. The van der Waals surface area contributed by atoms with E-state index in [9.17, 15) is 13.6 Å². The topological polar surface area (TPSA) is 29.5 Å². The van der Waals surface area contributed by atoms with E-state index >= 15 is 0 Å². The van der Waals surface area contributed by atoms with Gasteiger partial charge in [-0.15, -0.1) is 0 Å². The van der Waals surface area contributed by atoms with Gasteiger partial charge in [0.05, 0.1) is 12.2 Å². The van der Waals surface area contributed by atoms with Crippen molar-refractivity contribution in [2.75, 3.05) is 26.8 Å². The van der Waals surface area contributed by atoms with Gasteiger partial charge in [-0.2, -0.15) is 0 Å². The molecule has 0 bridgehead atoms. The van der Waals surface area contributed by atoms with E-state index in [-0.39, 0.29) is 17.8 Å². The fourth-order valence-corrected chi connectivity index (χ4v) is 2.12. The maximum atomic E-state index is 13.6. The van der Waals surface area contributed by atoms with Crippen LogP contribution in [0.4, 0.5) is 8.78 Å². The van der Waals surface area contributed by atoms with Gasteiger partial charge in [-0.1, -0.05) is 13.0 Å². The Hall–Kier alpha value is -1.33. The Morgan fingerprint density at radius 3 is 2.67 bits per heavy atom. The first kappa shape index (κ1) is 17.7. The molecule has 1 aromatic rings. The first-order valence-corrected chi connectivity index (χ1v) is 7.21. The molecule has 1 atom stereocenters. The van der Waals surface area contributed by atoms with Gasteiger partial charge >= 0.3 is 0 Å². The number of benzene rings is 1. The summed E-state index contributed by atoms with van der Waals surface area (Å²) >= 11 is 0. The van der Waals surface area contributed by atoms with Crippen molar-refractivity contribution in [2.45, 2.75) is 32.7 Å². The number of halogens is 2. The quantitative estimate of drug-likeness (QED) is 0.655. The lowest BCUT2D eigenvalue weighted by molar-refractivity contribution is 0.0911. The molecule has 0 aliphatic carbocycles. The second-order valence-electron chi connectivity index (χ2n) is 5.06. The highest BCUT2D eigenvalue weighted by Crippen LogP contribution is 2.14. The zero-order chi connectivity index (χ0) is 15.8. The van der Waals surface area contributed by atoms with E-state index in [1.807, 2.05) is 0 Å². The van der Waals surface area contributed by atoms with Crippen molar-refractivity contribution in [1.29, 1.82) is 0 Å². The molecule has 0 fully saturated rings. The normalized spacial score (nSPS) is 12.7. The molecular weight excluding hydrogens is 276 g/mol. The summed E-state index contributed by atoms with van der Waals surface area (Å²) in [5.41, 5.74) is -0.175. The maximum Gasteiger partial charge on any atom is 0.169 e. The number of ether oxygens (including phenoxy) is 1. The van der Waals surface area contributed by atoms with Gasteiger partial charge < -0.3 is 4.74 Å². The first-order chi connectivity index (χ1) is 10.0. The summed E-state index contributed by atoms with van der Waals surface area (Å²) in [5.74, 6) is -2.42. The van der Waals surface area contributed by atoms with Crippen LogP contribution in [0.3, 0.4) is 0 Å². The molecule has 0 N–H and O–H groups in total. The Morgan fingerprint density at radius 1 is 1.33 bits per heavy atom. The predicted octanol–water partition coefficient (Wildman–Crippen LogP) is 3.28. The minimum absolute atomic E-state index is 0.161. The Morgan fingerprint density at radius 2 is 2.05 bits per heavy atom. The molecule has 1 unspecified atom stereocenters. The molecule has 118 valence electrons. The Balaban J connectivity index is 2.66. The molecule has 0 heterocycles. The van der Waals surface area contributed by atoms with Crippen LogP contribution in [0.15, 0.2) is 18.2 Å². The molecule has 1 rings (SSSR count). The molecule has 0 saturated heterocycles. The first-order valence-electron chi connectivity index (χ1n) is 7.21. The van der Waals surface area contributed by atoms with E-state index in [2.05, 4.69) is 18.7 Å². The number of rotatable bonds is 9. The molecule has 0 aliphatic heterocycles. The van der Waals surface area contributed by atoms with E-state index in [4.69, 9.17) is 4.74 Å². The SMILES string of the molecule is CCC(C)N(CCOC)CCC(=O)c1cccc(F)c1F. The third kappa shape index (κ3) is 5.17. The summed E-state index contributed by atoms with van der Waals surface area (Å²) in [7, 11) is 1.63. The molecule has 0 spiro atoms. The lowest BCUT2D eigenvalue weighted by Gasteiger charge is -2.27. The molecule has 0 aliphatic rings. The molecular formula is C16H23F2NO2. The van der Waals surface area contributed by atoms with E-state index in [1.54, 1.807) is 7.11 Å². The lowest BCUT2D eigenvalue weighted by Crippen LogP contribution is -2.37. The second kappa shape index (κ2) is 8.85. The van der Waals surface area contributed by atoms with Crippen molar-refractivity contribution >= 4 is 5.78 Å². The van der Waals surface area contributed by atoms with Crippen LogP contribution in [0.1, 0.15) is 37.0 Å². The zero-order valence-electron chi connectivity index (χ0n) is 12.9. The van der Waals surface area contributed by atoms with Crippen LogP contribution in [0.2, 0.25) is 0 Å². The summed E-state index contributed by atoms with van der Waals surface area (Å²) in [6.45, 7) is 5.94. The highest BCUT2D eigenvalue weighted by atomic mass is 19.2. The summed E-state index contributed by atoms with van der Waals surface area (Å²) < 4.78 is 31.8. The number of nitrogens with zero attached hydrogens (tertiary/aromatic N) is 1. The Labute approximate surface area is 124 Å². The standard InChI is InChI=1S/C16H23F2NO2/c1-4-12(2)19(10-11-21-3)9-8-15(20)13-6-5-7-14(17)16(13)18/h5-7,12H,4,8-11H2,1-3H3. The van der Waals surface area contributed by atoms with Gasteiger partial charge in [-0.05, 0) is 25.5 Å². The molecule has 1 aromatic carbocycles. The highest BCUT2D eigenvalue weighted by molar-refractivity contribution is 5.96. The summed E-state index contributed by atoms with van der Waals surface area (Å²) in [4.78, 5) is 14.2. The van der Waals surface area contributed by atoms with Crippen molar-refractivity contribution in [3.8, 4) is 0 Å². The number of hydrogen-bond donors (Lipinski definition) is 0. The van der Waals surface area contributed by atoms with Crippen LogP contribution in [0, 0.1) is 11.6 Å². The van der Waals surface area contributed by atoms with Crippen LogP contribution in [0.25, 0.3) is 0 Å². The van der Waals surface area contributed by atoms with Gasteiger partial charge in [0.25, 0.3) is 0 Å². The van der Waals surface area contributed by atoms with Crippen molar-refractivity contribution in [3.63, 3.8) is 0 Å². The van der Waals surface area contributed by atoms with Gasteiger partial charge in [0, 0.05) is 32.7 Å². The average molecular weight is 299 g/mol. The number of ketones is 1. The van der Waals surface area contributed by atoms with Crippen molar-refractivity contribution in [3.05, 3.63) is 35.4 Å². The second-order valence-corrected chi connectivity index (χ2v) is 5.06. The fourth-order valence-electron chi connectivity index (χ4n) is 2.12. The number of carbonyl (C=O) groups excluding carboxylic acids is 1. The number of hydrogen-bond acceptors (Lipinski definition) is 3. The Bertz CT molecular complexity index is 466. The van der Waals surface area contributed by atoms with Gasteiger partial charge in [0.2, 0.25) is 0 Å². The van der Waals surface area contributed by atoms with Crippen LogP contribution in [-0.4, -0.2) is 43.5 Å². The third-order valence-electron chi connectivity index (χ3n) is 3.67. The smallest absolute Gasteiger partial charge is 0.169 e. The van der Waals surface area contributed by atoms with Crippen molar-refractivity contribution in [1.82, 2.24) is 4.90 Å². The summed E-state index contributed by atoms with van der Waals surface area (Å²) in [6.07, 6.45) is 1.11. The fraction of sp³-hybridized carbons (Fsp3) is 0.562. The predicted molar refractivity (Wildman–Crippen MR) is 78.5 cm³/mol. The minimum Gasteiger partial charge on any atom is -0.383 e. The van der Waals surface area contributed by atoms with Crippen molar-refractivity contribution < 1.29 is 18.3 Å². The minimum atomic E-state index is -1.06. The van der Waals surface area contributed by atoms with E-state index in [0.717, 1.165) is 12.5 Å². The van der Waals surface area contributed by atoms with E-state index < -0.39 is 11.6 Å². The number of methoxy groups -OCH3 is 1. The van der Waals surface area contributed by atoms with Gasteiger partial charge in [0.15, 0.2) is 17.4 Å². The molecule has 21 heavy (non-hydrogen) atoms. The van der Waals surface area contributed by atoms with Crippen LogP contribution >= 0.6 is 0 Å². The van der Waals surface area contributed by atoms with Crippen LogP contribution in [0.5, 0.6) is 0 Å².